The second kappa shape index (κ2) is 5.46. The van der Waals surface area contributed by atoms with Gasteiger partial charge >= 0.3 is 0 Å². The van der Waals surface area contributed by atoms with E-state index in [1.54, 1.807) is 31.6 Å². The van der Waals surface area contributed by atoms with E-state index in [1.807, 2.05) is 0 Å². The highest BCUT2D eigenvalue weighted by molar-refractivity contribution is 9.10. The standard InChI is InChI=1S/C13H12BrFN2O/c1-18-12-4-9(6-17-7-12)13(16)8-2-10(14)5-11(15)3-8/h2-7,13H,16H2,1H3. The van der Waals surface area contributed by atoms with Gasteiger partial charge in [0.15, 0.2) is 0 Å². The van der Waals surface area contributed by atoms with E-state index in [2.05, 4.69) is 20.9 Å². The van der Waals surface area contributed by atoms with E-state index in [0.29, 0.717) is 15.8 Å². The molecule has 0 aliphatic carbocycles. The molecule has 1 aromatic carbocycles. The van der Waals surface area contributed by atoms with Crippen LogP contribution in [0, 0.1) is 5.82 Å². The van der Waals surface area contributed by atoms with E-state index in [0.717, 1.165) is 5.56 Å². The Balaban J connectivity index is 2.37. The molecule has 1 unspecified atom stereocenters. The molecule has 0 saturated heterocycles. The topological polar surface area (TPSA) is 48.1 Å². The largest absolute Gasteiger partial charge is 0.495 e. The number of benzene rings is 1. The van der Waals surface area contributed by atoms with Crippen LogP contribution in [0.5, 0.6) is 5.75 Å². The van der Waals surface area contributed by atoms with Crippen LogP contribution >= 0.6 is 15.9 Å². The van der Waals surface area contributed by atoms with E-state index in [4.69, 9.17) is 10.5 Å². The second-order valence-corrected chi connectivity index (χ2v) is 4.75. The Hall–Kier alpha value is -1.46. The van der Waals surface area contributed by atoms with Crippen molar-refractivity contribution in [1.29, 1.82) is 0 Å². The predicted molar refractivity (Wildman–Crippen MR) is 70.9 cm³/mol. The predicted octanol–water partition coefficient (Wildman–Crippen LogP) is 3.04. The van der Waals surface area contributed by atoms with Gasteiger partial charge in [-0.05, 0) is 35.4 Å². The molecule has 0 bridgehead atoms. The van der Waals surface area contributed by atoms with Crippen LogP contribution in [-0.4, -0.2) is 12.1 Å². The van der Waals surface area contributed by atoms with Gasteiger partial charge in [-0.2, -0.15) is 0 Å². The number of aromatic nitrogens is 1. The van der Waals surface area contributed by atoms with Crippen LogP contribution in [0.25, 0.3) is 0 Å². The molecule has 2 N–H and O–H groups in total. The summed E-state index contributed by atoms with van der Waals surface area (Å²) >= 11 is 3.25. The number of pyridine rings is 1. The van der Waals surface area contributed by atoms with E-state index in [1.165, 1.54) is 12.1 Å². The van der Waals surface area contributed by atoms with Crippen LogP contribution in [0.3, 0.4) is 0 Å². The highest BCUT2D eigenvalue weighted by Crippen LogP contribution is 2.25. The van der Waals surface area contributed by atoms with Crippen molar-refractivity contribution in [3.63, 3.8) is 0 Å². The summed E-state index contributed by atoms with van der Waals surface area (Å²) in [5, 5.41) is 0. The fraction of sp³-hybridized carbons (Fsp3) is 0.154. The van der Waals surface area contributed by atoms with Crippen LogP contribution in [0.4, 0.5) is 4.39 Å². The SMILES string of the molecule is COc1cncc(C(N)c2cc(F)cc(Br)c2)c1. The van der Waals surface area contributed by atoms with Crippen LogP contribution in [-0.2, 0) is 0 Å². The van der Waals surface area contributed by atoms with Crippen molar-refractivity contribution >= 4 is 15.9 Å². The molecule has 0 aliphatic heterocycles. The molecule has 1 atom stereocenters. The first-order valence-corrected chi connectivity index (χ1v) is 6.10. The van der Waals surface area contributed by atoms with Crippen LogP contribution < -0.4 is 10.5 Å². The average molecular weight is 311 g/mol. The molecular formula is C13H12BrFN2O. The van der Waals surface area contributed by atoms with Crippen molar-refractivity contribution in [2.75, 3.05) is 7.11 Å². The number of rotatable bonds is 3. The van der Waals surface area contributed by atoms with Gasteiger partial charge in [0.2, 0.25) is 0 Å². The summed E-state index contributed by atoms with van der Waals surface area (Å²) in [4.78, 5) is 4.04. The second-order valence-electron chi connectivity index (χ2n) is 3.84. The van der Waals surface area contributed by atoms with Gasteiger partial charge in [-0.1, -0.05) is 15.9 Å². The maximum Gasteiger partial charge on any atom is 0.137 e. The van der Waals surface area contributed by atoms with Crippen LogP contribution in [0.1, 0.15) is 17.2 Å². The first-order valence-electron chi connectivity index (χ1n) is 5.30. The lowest BCUT2D eigenvalue weighted by molar-refractivity contribution is 0.412. The van der Waals surface area contributed by atoms with Gasteiger partial charge in [-0.3, -0.25) is 4.98 Å². The number of nitrogens with zero attached hydrogens (tertiary/aromatic N) is 1. The fourth-order valence-electron chi connectivity index (χ4n) is 1.66. The number of hydrogen-bond donors (Lipinski definition) is 1. The van der Waals surface area contributed by atoms with Crippen molar-refractivity contribution in [1.82, 2.24) is 4.98 Å². The van der Waals surface area contributed by atoms with Gasteiger partial charge in [0.05, 0.1) is 19.3 Å². The van der Waals surface area contributed by atoms with Gasteiger partial charge in [-0.15, -0.1) is 0 Å². The van der Waals surface area contributed by atoms with Crippen molar-refractivity contribution in [2.24, 2.45) is 5.73 Å². The molecule has 0 radical (unpaired) electrons. The maximum atomic E-state index is 13.3. The molecule has 94 valence electrons. The zero-order chi connectivity index (χ0) is 13.1. The molecule has 0 aliphatic rings. The third-order valence-electron chi connectivity index (χ3n) is 2.57. The lowest BCUT2D eigenvalue weighted by Gasteiger charge is -2.13. The zero-order valence-electron chi connectivity index (χ0n) is 9.73. The molecule has 5 heteroatoms. The summed E-state index contributed by atoms with van der Waals surface area (Å²) in [6.07, 6.45) is 3.24. The van der Waals surface area contributed by atoms with Crippen molar-refractivity contribution in [2.45, 2.75) is 6.04 Å². The van der Waals surface area contributed by atoms with Gasteiger partial charge in [0.1, 0.15) is 11.6 Å². The molecule has 2 rings (SSSR count). The molecule has 0 amide bonds. The Bertz CT molecular complexity index is 542. The molecule has 3 nitrogen and oxygen atoms in total. The molecule has 1 heterocycles. The van der Waals surface area contributed by atoms with Gasteiger partial charge in [0, 0.05) is 10.7 Å². The Morgan fingerprint density at radius 1 is 1.22 bits per heavy atom. The first kappa shape index (κ1) is 13.0. The summed E-state index contributed by atoms with van der Waals surface area (Å²) in [5.41, 5.74) is 7.54. The van der Waals surface area contributed by atoms with E-state index in [9.17, 15) is 4.39 Å². The molecule has 0 saturated carbocycles. The average Bonchev–Trinajstić information content (AvgIpc) is 2.37. The Kier molecular flexibility index (Phi) is 3.93. The minimum Gasteiger partial charge on any atom is -0.495 e. The molecule has 0 fully saturated rings. The number of halogens is 2. The van der Waals surface area contributed by atoms with E-state index in [-0.39, 0.29) is 5.82 Å². The Morgan fingerprint density at radius 2 is 2.00 bits per heavy atom. The van der Waals surface area contributed by atoms with Crippen LogP contribution in [0.15, 0.2) is 41.1 Å². The van der Waals surface area contributed by atoms with Gasteiger partial charge < -0.3 is 10.5 Å². The Labute approximate surface area is 113 Å². The summed E-state index contributed by atoms with van der Waals surface area (Å²) < 4.78 is 19.1. The quantitative estimate of drug-likeness (QED) is 0.948. The first-order chi connectivity index (χ1) is 8.60. The van der Waals surface area contributed by atoms with Crippen molar-refractivity contribution in [3.05, 3.63) is 58.1 Å². The molecule has 2 aromatic rings. The summed E-state index contributed by atoms with van der Waals surface area (Å²) in [6.45, 7) is 0. The molecule has 18 heavy (non-hydrogen) atoms. The third kappa shape index (κ3) is 2.86. The lowest BCUT2D eigenvalue weighted by atomic mass is 10.0. The summed E-state index contributed by atoms with van der Waals surface area (Å²) in [5.74, 6) is 0.295. The van der Waals surface area contributed by atoms with Crippen LogP contribution in [0.2, 0.25) is 0 Å². The highest BCUT2D eigenvalue weighted by Gasteiger charge is 2.12. The normalized spacial score (nSPS) is 12.2. The van der Waals surface area contributed by atoms with E-state index >= 15 is 0 Å². The lowest BCUT2D eigenvalue weighted by Crippen LogP contribution is -2.12. The van der Waals surface area contributed by atoms with Gasteiger partial charge in [-0.25, -0.2) is 4.39 Å². The number of ether oxygens (including phenoxy) is 1. The summed E-state index contributed by atoms with van der Waals surface area (Å²) in [7, 11) is 1.56. The highest BCUT2D eigenvalue weighted by atomic mass is 79.9. The zero-order valence-corrected chi connectivity index (χ0v) is 11.3. The molecular weight excluding hydrogens is 299 g/mol. The molecule has 0 spiro atoms. The Morgan fingerprint density at radius 3 is 2.67 bits per heavy atom. The monoisotopic (exact) mass is 310 g/mol. The smallest absolute Gasteiger partial charge is 0.137 e. The van der Waals surface area contributed by atoms with Crippen molar-refractivity contribution in [3.8, 4) is 5.75 Å². The fourth-order valence-corrected chi connectivity index (χ4v) is 2.15. The number of methoxy groups -OCH3 is 1. The minimum atomic E-state index is -0.445. The third-order valence-corrected chi connectivity index (χ3v) is 3.03. The number of nitrogens with two attached hydrogens (primary N) is 1. The van der Waals surface area contributed by atoms with Crippen molar-refractivity contribution < 1.29 is 9.13 Å². The number of hydrogen-bond acceptors (Lipinski definition) is 3. The van der Waals surface area contributed by atoms with Gasteiger partial charge in [0.25, 0.3) is 0 Å². The maximum absolute atomic E-state index is 13.3. The van der Waals surface area contributed by atoms with E-state index < -0.39 is 6.04 Å². The summed E-state index contributed by atoms with van der Waals surface area (Å²) in [6, 6.07) is 5.93. The minimum absolute atomic E-state index is 0.328. The molecule has 1 aromatic heterocycles.